The molecule has 0 spiro atoms. The molecule has 3 rings (SSSR count). The number of hydrogen-bond acceptors (Lipinski definition) is 5. The molecule has 2 N–H and O–H groups in total. The minimum atomic E-state index is -3.90. The Balaban J connectivity index is 1.82. The zero-order chi connectivity index (χ0) is 20.2. The van der Waals surface area contributed by atoms with Crippen molar-refractivity contribution >= 4 is 43.2 Å². The lowest BCUT2D eigenvalue weighted by atomic mass is 10.2. The Labute approximate surface area is 169 Å². The minimum absolute atomic E-state index is 0.0146. The normalized spacial score (nSPS) is 15.4. The maximum absolute atomic E-state index is 12.7. The molecule has 0 saturated carbocycles. The number of sulfonamides is 2. The van der Waals surface area contributed by atoms with Gasteiger partial charge in [-0.25, -0.2) is 16.8 Å². The molecule has 0 fully saturated rings. The Morgan fingerprint density at radius 1 is 0.821 bits per heavy atom. The van der Waals surface area contributed by atoms with Gasteiger partial charge in [-0.15, -0.1) is 0 Å². The smallest absolute Gasteiger partial charge is 0.262 e. The van der Waals surface area contributed by atoms with Gasteiger partial charge in [0, 0.05) is 18.0 Å². The monoisotopic (exact) mass is 441 g/mol. The summed E-state index contributed by atoms with van der Waals surface area (Å²) in [6.07, 6.45) is 3.39. The van der Waals surface area contributed by atoms with E-state index in [0.717, 1.165) is 19.3 Å². The molecule has 1 aliphatic heterocycles. The Kier molecular flexibility index (Phi) is 6.26. The van der Waals surface area contributed by atoms with Gasteiger partial charge in [-0.2, -0.15) is 0 Å². The molecule has 0 atom stereocenters. The summed E-state index contributed by atoms with van der Waals surface area (Å²) in [6, 6.07) is 11.4. The Bertz CT molecular complexity index is 1100. The van der Waals surface area contributed by atoms with Crippen molar-refractivity contribution in [2.75, 3.05) is 11.3 Å². The predicted molar refractivity (Wildman–Crippen MR) is 110 cm³/mol. The number of nitrogens with zero attached hydrogens (tertiary/aromatic N) is 1. The van der Waals surface area contributed by atoms with Crippen LogP contribution in [0.3, 0.4) is 0 Å². The zero-order valence-corrected chi connectivity index (χ0v) is 17.3. The largest absolute Gasteiger partial charge is 0.280 e. The highest BCUT2D eigenvalue weighted by Gasteiger charge is 2.19. The van der Waals surface area contributed by atoms with Crippen LogP contribution in [-0.4, -0.2) is 29.2 Å². The Morgan fingerprint density at radius 2 is 1.50 bits per heavy atom. The summed E-state index contributed by atoms with van der Waals surface area (Å²) in [5, 5.41) is 0.285. The van der Waals surface area contributed by atoms with Crippen molar-refractivity contribution < 1.29 is 16.8 Å². The molecule has 0 bridgehead atoms. The molecule has 0 saturated heterocycles. The van der Waals surface area contributed by atoms with Crippen LogP contribution in [0.2, 0.25) is 5.02 Å². The van der Waals surface area contributed by atoms with Gasteiger partial charge in [-0.3, -0.25) is 14.4 Å². The number of anilines is 1. The number of benzene rings is 2. The predicted octanol–water partition coefficient (Wildman–Crippen LogP) is 3.39. The summed E-state index contributed by atoms with van der Waals surface area (Å²) in [7, 11) is -7.77. The van der Waals surface area contributed by atoms with E-state index in [9.17, 15) is 16.8 Å². The topological polar surface area (TPSA) is 105 Å². The van der Waals surface area contributed by atoms with E-state index in [-0.39, 0.29) is 20.5 Å². The van der Waals surface area contributed by atoms with E-state index in [1.807, 2.05) is 0 Å². The maximum atomic E-state index is 12.7. The van der Waals surface area contributed by atoms with Crippen molar-refractivity contribution in [1.82, 2.24) is 4.72 Å². The van der Waals surface area contributed by atoms with Gasteiger partial charge >= 0.3 is 0 Å². The highest BCUT2D eigenvalue weighted by Crippen LogP contribution is 2.21. The van der Waals surface area contributed by atoms with Gasteiger partial charge in [0.1, 0.15) is 5.84 Å². The van der Waals surface area contributed by atoms with Crippen LogP contribution in [0.5, 0.6) is 0 Å². The molecule has 2 aromatic carbocycles. The lowest BCUT2D eigenvalue weighted by molar-refractivity contribution is 0.591. The van der Waals surface area contributed by atoms with Gasteiger partial charge < -0.3 is 0 Å². The van der Waals surface area contributed by atoms with Crippen LogP contribution in [0.25, 0.3) is 0 Å². The summed E-state index contributed by atoms with van der Waals surface area (Å²) < 4.78 is 55.2. The van der Waals surface area contributed by atoms with E-state index in [4.69, 9.17) is 11.6 Å². The zero-order valence-electron chi connectivity index (χ0n) is 14.9. The van der Waals surface area contributed by atoms with Crippen molar-refractivity contribution in [3.63, 3.8) is 0 Å². The first-order valence-electron chi connectivity index (χ1n) is 8.71. The molecular formula is C18H20ClN3O4S2. The van der Waals surface area contributed by atoms with Crippen molar-refractivity contribution in [3.05, 3.63) is 53.6 Å². The molecule has 0 amide bonds. The van der Waals surface area contributed by atoms with Crippen LogP contribution in [-0.2, 0) is 20.0 Å². The Morgan fingerprint density at radius 3 is 2.25 bits per heavy atom. The molecule has 1 heterocycles. The van der Waals surface area contributed by atoms with E-state index >= 15 is 0 Å². The van der Waals surface area contributed by atoms with Gasteiger partial charge in [0.15, 0.2) is 0 Å². The molecule has 7 nitrogen and oxygen atoms in total. The van der Waals surface area contributed by atoms with E-state index in [2.05, 4.69) is 14.4 Å². The average Bonchev–Trinajstić information content (AvgIpc) is 2.90. The second-order valence-electron chi connectivity index (χ2n) is 6.34. The van der Waals surface area contributed by atoms with Crippen LogP contribution in [0.1, 0.15) is 25.7 Å². The fourth-order valence-electron chi connectivity index (χ4n) is 2.75. The highest BCUT2D eigenvalue weighted by atomic mass is 35.5. The summed E-state index contributed by atoms with van der Waals surface area (Å²) in [6.45, 7) is 0.595. The summed E-state index contributed by atoms with van der Waals surface area (Å²) in [5.74, 6) is 0.433. The molecule has 10 heteroatoms. The second-order valence-corrected chi connectivity index (χ2v) is 10.1. The van der Waals surface area contributed by atoms with Crippen LogP contribution in [0.15, 0.2) is 63.3 Å². The quantitative estimate of drug-likeness (QED) is 0.741. The highest BCUT2D eigenvalue weighted by molar-refractivity contribution is 7.92. The van der Waals surface area contributed by atoms with Gasteiger partial charge in [-0.05, 0) is 49.2 Å². The van der Waals surface area contributed by atoms with Gasteiger partial charge in [0.2, 0.25) is 0 Å². The van der Waals surface area contributed by atoms with Gasteiger partial charge in [-0.1, -0.05) is 30.2 Å². The van der Waals surface area contributed by atoms with E-state index in [0.29, 0.717) is 18.8 Å². The van der Waals surface area contributed by atoms with E-state index in [1.165, 1.54) is 42.5 Å². The van der Waals surface area contributed by atoms with Crippen molar-refractivity contribution in [1.29, 1.82) is 0 Å². The van der Waals surface area contributed by atoms with Crippen molar-refractivity contribution in [3.8, 4) is 0 Å². The SMILES string of the molecule is O=S(=O)(NC1=NCCCCC1)c1cccc(NS(=O)(=O)c2cccc(Cl)c2)c1. The third kappa shape index (κ3) is 5.24. The number of aliphatic imine (C=N–C) groups is 1. The Hall–Kier alpha value is -2.10. The molecule has 0 radical (unpaired) electrons. The standard InChI is InChI=1S/C18H20ClN3O4S2/c19-14-6-4-8-16(12-14)27(23,24)21-15-7-5-9-17(13-15)28(25,26)22-18-10-2-1-3-11-20-18/h4-9,12-13,21H,1-3,10-11H2,(H,20,22). The number of amidine groups is 1. The third-order valence-electron chi connectivity index (χ3n) is 4.13. The maximum Gasteiger partial charge on any atom is 0.262 e. The fraction of sp³-hybridized carbons (Fsp3) is 0.278. The first-order chi connectivity index (χ1) is 13.3. The molecule has 0 aromatic heterocycles. The van der Waals surface area contributed by atoms with Crippen LogP contribution in [0.4, 0.5) is 5.69 Å². The van der Waals surface area contributed by atoms with Crippen LogP contribution < -0.4 is 9.44 Å². The number of hydrogen-bond donors (Lipinski definition) is 2. The van der Waals surface area contributed by atoms with Crippen molar-refractivity contribution in [2.24, 2.45) is 4.99 Å². The first-order valence-corrected chi connectivity index (χ1v) is 12.1. The molecule has 28 heavy (non-hydrogen) atoms. The number of nitrogens with one attached hydrogen (secondary N) is 2. The summed E-state index contributed by atoms with van der Waals surface area (Å²) >= 11 is 5.85. The minimum Gasteiger partial charge on any atom is -0.280 e. The molecule has 150 valence electrons. The third-order valence-corrected chi connectivity index (χ3v) is 7.12. The van der Waals surface area contributed by atoms with E-state index in [1.54, 1.807) is 6.07 Å². The molecule has 1 aliphatic rings. The van der Waals surface area contributed by atoms with E-state index < -0.39 is 20.0 Å². The van der Waals surface area contributed by atoms with Crippen LogP contribution >= 0.6 is 11.6 Å². The fourth-order valence-corrected chi connectivity index (χ4v) is 5.23. The first kappa shape index (κ1) is 20.6. The summed E-state index contributed by atoms with van der Waals surface area (Å²) in [4.78, 5) is 4.20. The molecular weight excluding hydrogens is 422 g/mol. The van der Waals surface area contributed by atoms with Gasteiger partial charge in [0.25, 0.3) is 20.0 Å². The number of rotatable bonds is 5. The summed E-state index contributed by atoms with van der Waals surface area (Å²) in [5.41, 5.74) is 0.130. The van der Waals surface area contributed by atoms with Crippen LogP contribution in [0, 0.1) is 0 Å². The molecule has 0 unspecified atom stereocenters. The molecule has 2 aromatic rings. The average molecular weight is 442 g/mol. The second kappa shape index (κ2) is 8.50. The number of halogens is 1. The lowest BCUT2D eigenvalue weighted by Crippen LogP contribution is -2.30. The van der Waals surface area contributed by atoms with Gasteiger partial charge in [0.05, 0.1) is 15.5 Å². The molecule has 0 aliphatic carbocycles. The van der Waals surface area contributed by atoms with Crippen molar-refractivity contribution in [2.45, 2.75) is 35.5 Å². The lowest BCUT2D eigenvalue weighted by Gasteiger charge is -2.12.